The number of hydrogen-bond donors (Lipinski definition) is 5. The number of para-hydroxylation sites is 1. The van der Waals surface area contributed by atoms with Gasteiger partial charge in [0.05, 0.1) is 35.9 Å². The van der Waals surface area contributed by atoms with Gasteiger partial charge in [-0.2, -0.15) is 0 Å². The van der Waals surface area contributed by atoms with Gasteiger partial charge >= 0.3 is 6.36 Å². The molecule has 0 radical (unpaired) electrons. The summed E-state index contributed by atoms with van der Waals surface area (Å²) in [7, 11) is 1.49. The zero-order valence-corrected chi connectivity index (χ0v) is 21.1. The average Bonchev–Trinajstić information content (AvgIpc) is 2.92. The van der Waals surface area contributed by atoms with E-state index in [2.05, 4.69) is 27.2 Å². The van der Waals surface area contributed by atoms with Crippen LogP contribution in [0.4, 0.5) is 23.2 Å². The lowest BCUT2D eigenvalue weighted by atomic mass is 10.0. The van der Waals surface area contributed by atoms with Crippen molar-refractivity contribution in [1.82, 2.24) is 10.6 Å². The fourth-order valence-electron chi connectivity index (χ4n) is 3.61. The second kappa shape index (κ2) is 12.8. The number of nitrogens with two attached hydrogens (primary N) is 2. The monoisotopic (exact) mass is 557 g/mol. The number of anilines is 1. The Hall–Kier alpha value is -4.89. The van der Waals surface area contributed by atoms with E-state index in [-0.39, 0.29) is 34.9 Å². The smallest absolute Gasteiger partial charge is 0.405 e. The molecule has 0 aliphatic carbocycles. The molecule has 3 rings (SSSR count). The minimum atomic E-state index is -5.09. The lowest BCUT2D eigenvalue weighted by Crippen LogP contribution is -2.47. The molecular weight excluding hydrogens is 532 g/mol. The first-order valence-corrected chi connectivity index (χ1v) is 11.7. The summed E-state index contributed by atoms with van der Waals surface area (Å²) in [6.45, 7) is -0.636. The molecule has 40 heavy (non-hydrogen) atoms. The highest BCUT2D eigenvalue weighted by Crippen LogP contribution is 2.27. The average molecular weight is 558 g/mol. The highest BCUT2D eigenvalue weighted by molar-refractivity contribution is 6.02. The summed E-state index contributed by atoms with van der Waals surface area (Å²) in [5, 5.41) is 20.7. The Bertz CT molecular complexity index is 1480. The van der Waals surface area contributed by atoms with Crippen molar-refractivity contribution in [3.05, 3.63) is 94.3 Å². The molecule has 7 N–H and O–H groups in total. The van der Waals surface area contributed by atoms with Gasteiger partial charge in [0.1, 0.15) is 11.6 Å². The third-order valence-electron chi connectivity index (χ3n) is 5.60. The van der Waals surface area contributed by atoms with Crippen LogP contribution >= 0.6 is 0 Å². The Kier molecular flexibility index (Phi) is 9.47. The molecule has 0 aromatic heterocycles. The Morgan fingerprint density at radius 3 is 2.30 bits per heavy atom. The highest BCUT2D eigenvalue weighted by Gasteiger charge is 2.33. The van der Waals surface area contributed by atoms with Crippen LogP contribution in [0.25, 0.3) is 0 Å². The molecule has 0 saturated heterocycles. The number of carbonyl (C=O) groups excluding carboxylic acids is 2. The van der Waals surface area contributed by atoms with Crippen LogP contribution in [0.1, 0.15) is 43.8 Å². The molecule has 3 aromatic carbocycles. The van der Waals surface area contributed by atoms with E-state index in [4.69, 9.17) is 11.1 Å². The minimum absolute atomic E-state index is 0.0465. The maximum Gasteiger partial charge on any atom is 0.573 e. The number of rotatable bonds is 8. The van der Waals surface area contributed by atoms with Crippen LogP contribution in [0, 0.1) is 17.7 Å². The van der Waals surface area contributed by atoms with Gasteiger partial charge in [-0.25, -0.2) is 4.39 Å². The zero-order valence-electron chi connectivity index (χ0n) is 21.1. The molecule has 0 fully saturated rings. The van der Waals surface area contributed by atoms with E-state index in [0.29, 0.717) is 11.1 Å². The van der Waals surface area contributed by atoms with Crippen molar-refractivity contribution in [2.24, 2.45) is 0 Å². The fraction of sp³-hybridized carbons (Fsp3) is 0.179. The fourth-order valence-corrected chi connectivity index (χ4v) is 3.61. The second-order valence-corrected chi connectivity index (χ2v) is 8.45. The third-order valence-corrected chi connectivity index (χ3v) is 5.60. The van der Waals surface area contributed by atoms with Crippen LogP contribution < -0.4 is 26.5 Å². The van der Waals surface area contributed by atoms with Crippen LogP contribution in [0.2, 0.25) is 0 Å². The van der Waals surface area contributed by atoms with Crippen LogP contribution in [0.15, 0.2) is 60.7 Å². The van der Waals surface area contributed by atoms with E-state index >= 15 is 0 Å². The maximum atomic E-state index is 13.8. The number of hydrogen-bond acceptors (Lipinski definition) is 5. The molecule has 8 nitrogen and oxygen atoms in total. The molecule has 0 heterocycles. The van der Waals surface area contributed by atoms with E-state index in [1.807, 2.05) is 0 Å². The van der Waals surface area contributed by atoms with Gasteiger partial charge < -0.3 is 26.2 Å². The molecule has 0 aliphatic rings. The number of alkyl halides is 3. The van der Waals surface area contributed by atoms with Gasteiger partial charge in [-0.3, -0.25) is 15.0 Å². The van der Waals surface area contributed by atoms with Crippen molar-refractivity contribution in [3.63, 3.8) is 0 Å². The van der Waals surface area contributed by atoms with Crippen LogP contribution in [0.5, 0.6) is 5.75 Å². The first-order valence-electron chi connectivity index (χ1n) is 11.7. The summed E-state index contributed by atoms with van der Waals surface area (Å²) >= 11 is 0. The Morgan fingerprint density at radius 2 is 1.68 bits per heavy atom. The summed E-state index contributed by atoms with van der Waals surface area (Å²) in [6, 6.07) is 12.5. The first-order chi connectivity index (χ1) is 18.9. The van der Waals surface area contributed by atoms with Crippen molar-refractivity contribution < 1.29 is 42.4 Å². The summed E-state index contributed by atoms with van der Waals surface area (Å²) in [5.74, 6) is 2.78. The van der Waals surface area contributed by atoms with Crippen molar-refractivity contribution in [2.45, 2.75) is 18.8 Å². The molecule has 0 spiro atoms. The molecule has 208 valence electrons. The molecule has 0 aliphatic heterocycles. The Balaban J connectivity index is 1.85. The second-order valence-electron chi connectivity index (χ2n) is 8.45. The van der Waals surface area contributed by atoms with Crippen molar-refractivity contribution >= 4 is 23.2 Å². The molecular formula is C28H25F4N4O4+. The van der Waals surface area contributed by atoms with Gasteiger partial charge in [-0.1, -0.05) is 17.9 Å². The van der Waals surface area contributed by atoms with Gasteiger partial charge in [-0.15, -0.1) is 13.2 Å². The molecule has 1 atom stereocenters. The standard InChI is InChI=1S/C28H24F4N4O4/c1-35-26(38)18-10-7-16(8-11-18)5-6-17-9-12-24(40-28(30,31)32)21(13-17)27(39)36-19(15-37)14-23(33)20-3-2-4-22(29)25(20)34/h2-4,7-13,19,33,37H,14-15,34H2,1H3,(H,35,38)(H,36,39)/p+1. The number of aliphatic hydroxyl groups is 1. The van der Waals surface area contributed by atoms with Crippen molar-refractivity contribution in [2.75, 3.05) is 19.4 Å². The number of halogens is 4. The number of nitrogen functional groups attached to an aromatic ring is 1. The summed E-state index contributed by atoms with van der Waals surface area (Å²) in [4.78, 5) is 24.7. The van der Waals surface area contributed by atoms with Crippen LogP contribution in [0.3, 0.4) is 0 Å². The zero-order chi connectivity index (χ0) is 29.4. The predicted octanol–water partition coefficient (Wildman–Crippen LogP) is 1.80. The van der Waals surface area contributed by atoms with E-state index in [1.165, 1.54) is 25.2 Å². The highest BCUT2D eigenvalue weighted by atomic mass is 19.4. The molecule has 2 amide bonds. The molecule has 1 unspecified atom stereocenters. The molecule has 3 aromatic rings. The summed E-state index contributed by atoms with van der Waals surface area (Å²) < 4.78 is 56.9. The van der Waals surface area contributed by atoms with Crippen LogP contribution in [-0.2, 0) is 0 Å². The molecule has 0 saturated carbocycles. The van der Waals surface area contributed by atoms with E-state index < -0.39 is 42.0 Å². The van der Waals surface area contributed by atoms with Gasteiger partial charge in [-0.05, 0) is 54.6 Å². The molecule has 0 bridgehead atoms. The van der Waals surface area contributed by atoms with Gasteiger partial charge in [0.15, 0.2) is 5.71 Å². The lowest BCUT2D eigenvalue weighted by molar-refractivity contribution is -0.274. The Morgan fingerprint density at radius 1 is 1.02 bits per heavy atom. The third kappa shape index (κ3) is 7.81. The van der Waals surface area contributed by atoms with E-state index in [1.54, 1.807) is 24.3 Å². The van der Waals surface area contributed by atoms with Crippen molar-refractivity contribution in [3.8, 4) is 17.6 Å². The normalized spacial score (nSPS) is 11.6. The quantitative estimate of drug-likeness (QED) is 0.124. The first kappa shape index (κ1) is 29.7. The number of aliphatic hydroxyl groups excluding tert-OH is 1. The lowest BCUT2D eigenvalue weighted by Gasteiger charge is -2.18. The van der Waals surface area contributed by atoms with E-state index in [0.717, 1.165) is 18.2 Å². The largest absolute Gasteiger partial charge is 0.573 e. The maximum absolute atomic E-state index is 13.8. The van der Waals surface area contributed by atoms with Crippen molar-refractivity contribution in [1.29, 1.82) is 0 Å². The number of carbonyl (C=O) groups is 2. The van der Waals surface area contributed by atoms with Crippen LogP contribution in [-0.4, -0.2) is 48.7 Å². The Labute approximate surface area is 226 Å². The number of amides is 2. The number of nitrogens with one attached hydrogen (secondary N) is 2. The van der Waals surface area contributed by atoms with Gasteiger partial charge in [0.2, 0.25) is 0 Å². The van der Waals surface area contributed by atoms with Gasteiger partial charge in [0, 0.05) is 23.7 Å². The van der Waals surface area contributed by atoms with Gasteiger partial charge in [0.25, 0.3) is 11.8 Å². The summed E-state index contributed by atoms with van der Waals surface area (Å²) in [5.41, 5.74) is 6.31. The molecule has 12 heteroatoms. The summed E-state index contributed by atoms with van der Waals surface area (Å²) in [6.07, 6.45) is -5.27. The number of benzene rings is 3. The predicted molar refractivity (Wildman–Crippen MR) is 139 cm³/mol. The minimum Gasteiger partial charge on any atom is -0.405 e. The number of ether oxygens (including phenoxy) is 1. The topological polar surface area (TPSA) is 139 Å². The van der Waals surface area contributed by atoms with E-state index in [9.17, 15) is 32.3 Å². The SMILES string of the molecule is CNC(=O)c1ccc(C#Cc2ccc(OC(F)(F)F)c(C(=O)NC(CO)CC(=[NH2+])c3cccc(F)c3N)c2)cc1.